The summed E-state index contributed by atoms with van der Waals surface area (Å²) < 4.78 is 4.90. The van der Waals surface area contributed by atoms with E-state index >= 15 is 0 Å². The van der Waals surface area contributed by atoms with Crippen LogP contribution in [-0.2, 0) is 0 Å². The van der Waals surface area contributed by atoms with Gasteiger partial charge in [-0.25, -0.2) is 15.0 Å². The first-order valence-corrected chi connectivity index (χ1v) is 22.0. The van der Waals surface area contributed by atoms with Gasteiger partial charge in [0.05, 0.1) is 22.1 Å². The van der Waals surface area contributed by atoms with Gasteiger partial charge in [0.25, 0.3) is 0 Å². The minimum atomic E-state index is 0.394. The lowest BCUT2D eigenvalue weighted by atomic mass is 9.92. The van der Waals surface area contributed by atoms with E-state index in [4.69, 9.17) is 15.0 Å². The van der Waals surface area contributed by atoms with E-state index in [-0.39, 0.29) is 0 Å². The van der Waals surface area contributed by atoms with Crippen LogP contribution in [0.5, 0.6) is 0 Å². The Hall–Kier alpha value is -8.41. The molecule has 3 heterocycles. The fraction of sp³-hybridized carbons (Fsp3) is 0.0339. The Kier molecular flexibility index (Phi) is 8.28. The highest BCUT2D eigenvalue weighted by atomic mass is 15.0. The maximum atomic E-state index is 5.10. The predicted octanol–water partition coefficient (Wildman–Crippen LogP) is 15.0. The number of hydrogen-bond donors (Lipinski definition) is 0. The van der Waals surface area contributed by atoms with Gasteiger partial charge in [-0.05, 0) is 82.1 Å². The van der Waals surface area contributed by atoms with E-state index in [0.717, 1.165) is 56.3 Å². The maximum absolute atomic E-state index is 5.10. The largest absolute Gasteiger partial charge is 0.309 e. The van der Waals surface area contributed by atoms with Crippen LogP contribution >= 0.6 is 0 Å². The molecular formula is C59H39N5. The van der Waals surface area contributed by atoms with Crippen LogP contribution in [-0.4, -0.2) is 24.1 Å². The lowest BCUT2D eigenvalue weighted by Crippen LogP contribution is -2.00. The molecular weight excluding hydrogens is 779 g/mol. The Bertz CT molecular complexity index is 3800. The fourth-order valence-electron chi connectivity index (χ4n) is 10.0. The quantitative estimate of drug-likeness (QED) is 0.168. The van der Waals surface area contributed by atoms with Gasteiger partial charge in [0, 0.05) is 55.5 Å². The van der Waals surface area contributed by atoms with Crippen molar-refractivity contribution < 1.29 is 0 Å². The normalized spacial score (nSPS) is 13.9. The molecule has 9 aromatic carbocycles. The maximum Gasteiger partial charge on any atom is 0.164 e. The molecule has 13 rings (SSSR count). The number of fused-ring (bicyclic) bond motifs is 9. The van der Waals surface area contributed by atoms with Gasteiger partial charge in [0.1, 0.15) is 0 Å². The van der Waals surface area contributed by atoms with Gasteiger partial charge in [-0.3, -0.25) is 0 Å². The van der Waals surface area contributed by atoms with Gasteiger partial charge in [-0.1, -0.05) is 170 Å². The summed E-state index contributed by atoms with van der Waals surface area (Å²) in [5.41, 5.74) is 11.1. The zero-order valence-electron chi connectivity index (χ0n) is 34.8. The second-order valence-electron chi connectivity index (χ2n) is 16.8. The van der Waals surface area contributed by atoms with Crippen LogP contribution in [0, 0.1) is 0 Å². The molecule has 0 bridgehead atoms. The minimum Gasteiger partial charge on any atom is -0.309 e. The van der Waals surface area contributed by atoms with Crippen molar-refractivity contribution in [3.8, 4) is 45.5 Å². The van der Waals surface area contributed by atoms with Crippen molar-refractivity contribution in [2.75, 3.05) is 0 Å². The Morgan fingerprint density at radius 2 is 1.05 bits per heavy atom. The van der Waals surface area contributed by atoms with E-state index in [1.54, 1.807) is 0 Å². The molecule has 0 N–H and O–H groups in total. The highest BCUT2D eigenvalue weighted by Crippen LogP contribution is 2.43. The summed E-state index contributed by atoms with van der Waals surface area (Å²) in [5, 5.41) is 9.66. The number of aromatic nitrogens is 5. The van der Waals surface area contributed by atoms with Gasteiger partial charge in [0.2, 0.25) is 0 Å². The van der Waals surface area contributed by atoms with Gasteiger partial charge < -0.3 is 9.13 Å². The molecule has 5 heteroatoms. The monoisotopic (exact) mass is 817 g/mol. The van der Waals surface area contributed by atoms with Crippen LogP contribution in [0.15, 0.2) is 218 Å². The fourth-order valence-corrected chi connectivity index (χ4v) is 10.0. The molecule has 0 aliphatic heterocycles. The predicted molar refractivity (Wildman–Crippen MR) is 265 cm³/mol. The molecule has 0 radical (unpaired) electrons. The second kappa shape index (κ2) is 14.6. The van der Waals surface area contributed by atoms with E-state index in [0.29, 0.717) is 23.4 Å². The van der Waals surface area contributed by atoms with Crippen LogP contribution in [0.1, 0.15) is 17.9 Å². The SMILES string of the molecule is C1=CCC(c2ccc(-n3c4cc5c(cc4c4c6ccccc6ccc43)c3ccccc3n5-c3ccc4c(-c5nc(-c6ccccc6)nc(-c6ccccc6)n5)cccc4c3)cc2)C=C1. The smallest absolute Gasteiger partial charge is 0.164 e. The minimum absolute atomic E-state index is 0.394. The molecule has 1 aliphatic carbocycles. The van der Waals surface area contributed by atoms with Crippen molar-refractivity contribution in [3.63, 3.8) is 0 Å². The molecule has 1 aliphatic rings. The summed E-state index contributed by atoms with van der Waals surface area (Å²) in [6.45, 7) is 0. The molecule has 0 saturated carbocycles. The Morgan fingerprint density at radius 3 is 1.81 bits per heavy atom. The summed E-state index contributed by atoms with van der Waals surface area (Å²) in [5.74, 6) is 2.33. The van der Waals surface area contributed by atoms with Crippen LogP contribution in [0.25, 0.3) is 111 Å². The average molecular weight is 818 g/mol. The first-order valence-electron chi connectivity index (χ1n) is 22.0. The summed E-state index contributed by atoms with van der Waals surface area (Å²) in [7, 11) is 0. The second-order valence-corrected chi connectivity index (χ2v) is 16.8. The van der Waals surface area contributed by atoms with Crippen molar-refractivity contribution in [2.24, 2.45) is 0 Å². The molecule has 1 atom stereocenters. The number of nitrogens with zero attached hydrogens (tertiary/aromatic N) is 5. The molecule has 1 unspecified atom stereocenters. The molecule has 3 aromatic heterocycles. The standard InChI is InChI=1S/C59H39N5/c1-4-15-38(16-5-1)39-27-30-44(31-28-39)63-53-34-29-40-17-10-11-23-47(40)56(53)51-36-50-48-24-12-13-26-52(48)64(54(50)37-55(51)63)45-32-33-46-43(35-45)22-14-25-49(46)59-61-57(41-18-6-2-7-19-41)60-58(62-59)42-20-8-3-9-21-42/h1-15,17-38H,16H2. The molecule has 0 fully saturated rings. The number of hydrogen-bond acceptors (Lipinski definition) is 3. The molecule has 0 spiro atoms. The van der Waals surface area contributed by atoms with E-state index in [2.05, 4.69) is 167 Å². The molecule has 0 saturated heterocycles. The number of para-hydroxylation sites is 1. The molecule has 12 aromatic rings. The summed E-state index contributed by atoms with van der Waals surface area (Å²) in [6, 6.07) is 69.8. The zero-order valence-corrected chi connectivity index (χ0v) is 34.8. The Morgan fingerprint density at radius 1 is 0.391 bits per heavy atom. The molecule has 300 valence electrons. The van der Waals surface area contributed by atoms with Crippen LogP contribution in [0.2, 0.25) is 0 Å². The first-order chi connectivity index (χ1) is 31.7. The molecule has 64 heavy (non-hydrogen) atoms. The lowest BCUT2D eigenvalue weighted by molar-refractivity contribution is 0.853. The van der Waals surface area contributed by atoms with Crippen LogP contribution in [0.3, 0.4) is 0 Å². The van der Waals surface area contributed by atoms with Gasteiger partial charge in [0.15, 0.2) is 17.5 Å². The highest BCUT2D eigenvalue weighted by Gasteiger charge is 2.21. The topological polar surface area (TPSA) is 48.5 Å². The van der Waals surface area contributed by atoms with Crippen molar-refractivity contribution in [2.45, 2.75) is 12.3 Å². The molecule has 5 nitrogen and oxygen atoms in total. The van der Waals surface area contributed by atoms with Gasteiger partial charge in [-0.2, -0.15) is 0 Å². The highest BCUT2D eigenvalue weighted by molar-refractivity contribution is 6.25. The Labute approximate surface area is 369 Å². The van der Waals surface area contributed by atoms with Crippen LogP contribution in [0.4, 0.5) is 0 Å². The van der Waals surface area contributed by atoms with Crippen molar-refractivity contribution in [1.29, 1.82) is 0 Å². The summed E-state index contributed by atoms with van der Waals surface area (Å²) in [4.78, 5) is 15.1. The van der Waals surface area contributed by atoms with Crippen molar-refractivity contribution in [1.82, 2.24) is 24.1 Å². The number of benzene rings is 9. The van der Waals surface area contributed by atoms with E-state index < -0.39 is 0 Å². The molecule has 0 amide bonds. The number of rotatable bonds is 6. The first kappa shape index (κ1) is 36.3. The van der Waals surface area contributed by atoms with Crippen molar-refractivity contribution >= 4 is 65.2 Å². The Balaban J connectivity index is 1.02. The van der Waals surface area contributed by atoms with E-state index in [1.165, 1.54) is 48.9 Å². The third-order valence-electron chi connectivity index (χ3n) is 13.1. The summed E-state index contributed by atoms with van der Waals surface area (Å²) in [6.07, 6.45) is 9.90. The van der Waals surface area contributed by atoms with Gasteiger partial charge in [-0.15, -0.1) is 0 Å². The van der Waals surface area contributed by atoms with E-state index in [1.807, 2.05) is 60.7 Å². The zero-order chi connectivity index (χ0) is 42.1. The lowest BCUT2D eigenvalue weighted by Gasteiger charge is -2.15. The summed E-state index contributed by atoms with van der Waals surface area (Å²) >= 11 is 0. The van der Waals surface area contributed by atoms with Gasteiger partial charge >= 0.3 is 0 Å². The van der Waals surface area contributed by atoms with Crippen molar-refractivity contribution in [3.05, 3.63) is 224 Å². The van der Waals surface area contributed by atoms with Crippen LogP contribution < -0.4 is 0 Å². The number of allylic oxidation sites excluding steroid dienone is 4. The third kappa shape index (κ3) is 5.82. The third-order valence-corrected chi connectivity index (χ3v) is 13.1. The van der Waals surface area contributed by atoms with E-state index in [9.17, 15) is 0 Å². The average Bonchev–Trinajstić information content (AvgIpc) is 3.88.